The molecule has 0 saturated heterocycles. The van der Waals surface area contributed by atoms with Crippen molar-refractivity contribution in [2.24, 2.45) is 5.41 Å². The highest BCUT2D eigenvalue weighted by atomic mass is 16.5. The first-order chi connectivity index (χ1) is 13.0. The van der Waals surface area contributed by atoms with Crippen LogP contribution in [0.1, 0.15) is 74.1 Å². The van der Waals surface area contributed by atoms with Crippen molar-refractivity contribution in [1.82, 2.24) is 0 Å². The van der Waals surface area contributed by atoms with Gasteiger partial charge in [0, 0.05) is 20.3 Å². The Kier molecular flexibility index (Phi) is 9.44. The highest BCUT2D eigenvalue weighted by Gasteiger charge is 2.31. The van der Waals surface area contributed by atoms with Crippen LogP contribution in [0.5, 0.6) is 0 Å². The van der Waals surface area contributed by atoms with Gasteiger partial charge >= 0.3 is 11.9 Å². The van der Waals surface area contributed by atoms with Crippen LogP contribution in [-0.4, -0.2) is 24.6 Å². The van der Waals surface area contributed by atoms with Gasteiger partial charge in [-0.3, -0.25) is 9.59 Å². The molecule has 0 amide bonds. The van der Waals surface area contributed by atoms with Crippen molar-refractivity contribution in [2.45, 2.75) is 80.3 Å². The Balaban J connectivity index is 2.91. The minimum Gasteiger partial charge on any atom is -0.462 e. The number of esters is 2. The maximum Gasteiger partial charge on any atom is 0.303 e. The summed E-state index contributed by atoms with van der Waals surface area (Å²) in [5, 5.41) is 0. The molecule has 4 nitrogen and oxygen atoms in total. The topological polar surface area (TPSA) is 52.6 Å². The fourth-order valence-electron chi connectivity index (χ4n) is 3.62. The third-order valence-electron chi connectivity index (χ3n) is 5.30. The molecule has 1 unspecified atom stereocenters. The summed E-state index contributed by atoms with van der Waals surface area (Å²) < 4.78 is 10.6. The Morgan fingerprint density at radius 3 is 2.39 bits per heavy atom. The lowest BCUT2D eigenvalue weighted by molar-refractivity contribution is -0.144. The average Bonchev–Trinajstić information content (AvgIpc) is 2.56. The van der Waals surface area contributed by atoms with Crippen molar-refractivity contribution in [2.75, 3.05) is 6.61 Å². The molecule has 0 radical (unpaired) electrons. The zero-order valence-electron chi connectivity index (χ0n) is 18.6. The fraction of sp³-hybridized carbons (Fsp3) is 0.583. The Morgan fingerprint density at radius 2 is 1.82 bits per heavy atom. The van der Waals surface area contributed by atoms with Gasteiger partial charge in [0.05, 0.1) is 0 Å². The second-order valence-electron chi connectivity index (χ2n) is 8.32. The van der Waals surface area contributed by atoms with E-state index in [1.165, 1.54) is 37.8 Å². The summed E-state index contributed by atoms with van der Waals surface area (Å²) in [4.78, 5) is 22.5. The SMILES string of the molecule is CC(=O)OCC=C(C)/C=C/C=C(\C)C(CC1=C(C)CCCC1(C)C)OC(C)=O. The molecule has 156 valence electrons. The third-order valence-corrected chi connectivity index (χ3v) is 5.30. The molecule has 0 saturated carbocycles. The monoisotopic (exact) mass is 388 g/mol. The maximum absolute atomic E-state index is 11.7. The smallest absolute Gasteiger partial charge is 0.303 e. The van der Waals surface area contributed by atoms with E-state index in [-0.39, 0.29) is 30.1 Å². The highest BCUT2D eigenvalue weighted by Crippen LogP contribution is 2.43. The summed E-state index contributed by atoms with van der Waals surface area (Å²) >= 11 is 0. The summed E-state index contributed by atoms with van der Waals surface area (Å²) in [5.74, 6) is -0.547. The standard InChI is InChI=1S/C24H36O4/c1-17(13-15-27-20(4)25)10-8-11-19(3)23(28-21(5)26)16-22-18(2)12-9-14-24(22,6)7/h8,10-11,13,23H,9,12,14-16H2,1-7H3/b10-8+,17-13?,19-11+. The maximum atomic E-state index is 11.7. The van der Waals surface area contributed by atoms with Crippen LogP contribution in [0, 0.1) is 5.41 Å². The summed E-state index contributed by atoms with van der Waals surface area (Å²) in [6.45, 7) is 13.9. The first-order valence-electron chi connectivity index (χ1n) is 10.0. The molecular formula is C24H36O4. The first kappa shape index (κ1) is 23.9. The molecule has 0 aromatic carbocycles. The van der Waals surface area contributed by atoms with E-state index in [1.54, 1.807) is 0 Å². The normalized spacial score (nSPS) is 19.0. The van der Waals surface area contributed by atoms with Gasteiger partial charge < -0.3 is 9.47 Å². The summed E-state index contributed by atoms with van der Waals surface area (Å²) in [6, 6.07) is 0. The van der Waals surface area contributed by atoms with Crippen molar-refractivity contribution >= 4 is 11.9 Å². The van der Waals surface area contributed by atoms with Gasteiger partial charge in [-0.1, -0.05) is 48.8 Å². The largest absolute Gasteiger partial charge is 0.462 e. The van der Waals surface area contributed by atoms with Crippen LogP contribution in [0.25, 0.3) is 0 Å². The quantitative estimate of drug-likeness (QED) is 0.297. The molecule has 28 heavy (non-hydrogen) atoms. The fourth-order valence-corrected chi connectivity index (χ4v) is 3.62. The molecule has 0 N–H and O–H groups in total. The molecule has 0 fully saturated rings. The number of allylic oxidation sites excluding steroid dienone is 5. The number of hydrogen-bond acceptors (Lipinski definition) is 4. The molecule has 0 bridgehead atoms. The number of ether oxygens (including phenoxy) is 2. The molecular weight excluding hydrogens is 352 g/mol. The Morgan fingerprint density at radius 1 is 1.14 bits per heavy atom. The highest BCUT2D eigenvalue weighted by molar-refractivity contribution is 5.66. The molecule has 0 spiro atoms. The molecule has 0 heterocycles. The van der Waals surface area contributed by atoms with E-state index in [0.29, 0.717) is 0 Å². The lowest BCUT2D eigenvalue weighted by Gasteiger charge is -2.36. The van der Waals surface area contributed by atoms with Crippen molar-refractivity contribution in [1.29, 1.82) is 0 Å². The first-order valence-corrected chi connectivity index (χ1v) is 10.0. The van der Waals surface area contributed by atoms with Crippen molar-refractivity contribution in [3.8, 4) is 0 Å². The van der Waals surface area contributed by atoms with Gasteiger partial charge in [0.2, 0.25) is 0 Å². The van der Waals surface area contributed by atoms with Crippen LogP contribution in [0.4, 0.5) is 0 Å². The Hall–Kier alpha value is -2.10. The van der Waals surface area contributed by atoms with Gasteiger partial charge in [-0.2, -0.15) is 0 Å². The zero-order chi connectivity index (χ0) is 21.3. The Labute approximate surface area is 170 Å². The van der Waals surface area contributed by atoms with Gasteiger partial charge in [0.25, 0.3) is 0 Å². The minimum absolute atomic E-state index is 0.146. The van der Waals surface area contributed by atoms with E-state index in [1.807, 2.05) is 38.2 Å². The van der Waals surface area contributed by atoms with E-state index >= 15 is 0 Å². The van der Waals surface area contributed by atoms with E-state index in [2.05, 4.69) is 20.8 Å². The zero-order valence-corrected chi connectivity index (χ0v) is 18.6. The molecule has 0 aliphatic heterocycles. The summed E-state index contributed by atoms with van der Waals surface area (Å²) in [7, 11) is 0. The predicted octanol–water partition coefficient (Wildman–Crippen LogP) is 5.85. The number of rotatable bonds is 8. The number of carbonyl (C=O) groups is 2. The lowest BCUT2D eigenvalue weighted by Crippen LogP contribution is -2.26. The van der Waals surface area contributed by atoms with Crippen LogP contribution < -0.4 is 0 Å². The van der Waals surface area contributed by atoms with Crippen LogP contribution in [0.2, 0.25) is 0 Å². The van der Waals surface area contributed by atoms with E-state index in [0.717, 1.165) is 24.0 Å². The molecule has 1 atom stereocenters. The lowest BCUT2D eigenvalue weighted by atomic mass is 9.70. The van der Waals surface area contributed by atoms with E-state index < -0.39 is 0 Å². The van der Waals surface area contributed by atoms with Gasteiger partial charge in [-0.05, 0) is 57.1 Å². The van der Waals surface area contributed by atoms with Crippen LogP contribution in [-0.2, 0) is 19.1 Å². The molecule has 0 aromatic heterocycles. The predicted molar refractivity (Wildman–Crippen MR) is 114 cm³/mol. The Bertz CT molecular complexity index is 689. The van der Waals surface area contributed by atoms with Crippen molar-refractivity contribution in [3.63, 3.8) is 0 Å². The van der Waals surface area contributed by atoms with Crippen molar-refractivity contribution in [3.05, 3.63) is 46.6 Å². The number of carbonyl (C=O) groups excluding carboxylic acids is 2. The second kappa shape index (κ2) is 11.0. The van der Waals surface area contributed by atoms with Gasteiger partial charge in [-0.15, -0.1) is 0 Å². The van der Waals surface area contributed by atoms with E-state index in [4.69, 9.17) is 9.47 Å². The van der Waals surface area contributed by atoms with Crippen LogP contribution in [0.15, 0.2) is 46.6 Å². The minimum atomic E-state index is -0.289. The van der Waals surface area contributed by atoms with Gasteiger partial charge in [0.15, 0.2) is 0 Å². The molecule has 1 aliphatic rings. The second-order valence-corrected chi connectivity index (χ2v) is 8.32. The summed E-state index contributed by atoms with van der Waals surface area (Å²) in [5.41, 5.74) is 5.01. The van der Waals surface area contributed by atoms with E-state index in [9.17, 15) is 9.59 Å². The average molecular weight is 389 g/mol. The number of hydrogen-bond donors (Lipinski definition) is 0. The molecule has 0 aromatic rings. The molecule has 1 aliphatic carbocycles. The summed E-state index contributed by atoms with van der Waals surface area (Å²) in [6.07, 6.45) is 11.7. The van der Waals surface area contributed by atoms with Crippen LogP contribution >= 0.6 is 0 Å². The van der Waals surface area contributed by atoms with Gasteiger partial charge in [-0.25, -0.2) is 0 Å². The van der Waals surface area contributed by atoms with Crippen molar-refractivity contribution < 1.29 is 19.1 Å². The molecule has 1 rings (SSSR count). The third kappa shape index (κ3) is 8.28. The molecule has 4 heteroatoms. The van der Waals surface area contributed by atoms with Gasteiger partial charge in [0.1, 0.15) is 12.7 Å². The van der Waals surface area contributed by atoms with Crippen LogP contribution in [0.3, 0.4) is 0 Å².